The van der Waals surface area contributed by atoms with Gasteiger partial charge in [-0.1, -0.05) is 36.4 Å². The maximum Gasteiger partial charge on any atom is 0.177 e. The first-order valence-electron chi connectivity index (χ1n) is 8.04. The Morgan fingerprint density at radius 1 is 0.773 bits per heavy atom. The largest absolute Gasteiger partial charge is 0.375 e. The highest BCUT2D eigenvalue weighted by Crippen LogP contribution is 2.29. The molecule has 2 N–H and O–H groups in total. The summed E-state index contributed by atoms with van der Waals surface area (Å²) in [6.07, 6.45) is 3.72. The molecule has 2 aromatic carbocycles. The normalized spacial score (nSPS) is 22.7. The van der Waals surface area contributed by atoms with E-state index in [0.717, 1.165) is 37.1 Å². The topological polar surface area (TPSA) is 41.1 Å². The van der Waals surface area contributed by atoms with Gasteiger partial charge < -0.3 is 10.6 Å². The highest BCUT2D eigenvalue weighted by molar-refractivity contribution is 5.94. The van der Waals surface area contributed by atoms with Gasteiger partial charge in [-0.05, 0) is 48.9 Å². The van der Waals surface area contributed by atoms with Gasteiger partial charge in [0.2, 0.25) is 0 Å². The Bertz CT molecular complexity index is 651. The van der Waals surface area contributed by atoms with Crippen molar-refractivity contribution in [2.45, 2.75) is 37.8 Å². The number of para-hydroxylation sites is 2. The van der Waals surface area contributed by atoms with Crippen molar-refractivity contribution in [2.24, 2.45) is 0 Å². The minimum atomic E-state index is -0.0716. The van der Waals surface area contributed by atoms with E-state index in [1.54, 1.807) is 0 Å². The van der Waals surface area contributed by atoms with Gasteiger partial charge in [-0.25, -0.2) is 0 Å². The summed E-state index contributed by atoms with van der Waals surface area (Å²) in [6.45, 7) is 0. The van der Waals surface area contributed by atoms with Gasteiger partial charge >= 0.3 is 0 Å². The molecule has 2 aromatic rings. The number of nitrogens with one attached hydrogen (secondary N) is 2. The van der Waals surface area contributed by atoms with Crippen molar-refractivity contribution in [2.75, 3.05) is 10.6 Å². The van der Waals surface area contributed by atoms with Crippen molar-refractivity contribution in [3.05, 3.63) is 59.7 Å². The summed E-state index contributed by atoms with van der Waals surface area (Å²) in [4.78, 5) is 12.8. The van der Waals surface area contributed by atoms with E-state index in [-0.39, 0.29) is 12.1 Å². The first kappa shape index (κ1) is 13.4. The second kappa shape index (κ2) is 5.48. The number of benzene rings is 2. The molecule has 0 saturated carbocycles. The number of Topliss-reactive ketones (excluding diaryl/α,β-unsaturated/α-hetero) is 1. The molecule has 3 nitrogen and oxygen atoms in total. The molecule has 2 atom stereocenters. The van der Waals surface area contributed by atoms with Gasteiger partial charge in [-0.2, -0.15) is 0 Å². The van der Waals surface area contributed by atoms with Crippen LogP contribution >= 0.6 is 0 Å². The fourth-order valence-electron chi connectivity index (χ4n) is 3.55. The molecular formula is C19H20N2O. The van der Waals surface area contributed by atoms with E-state index in [1.807, 2.05) is 12.1 Å². The zero-order chi connectivity index (χ0) is 14.9. The summed E-state index contributed by atoms with van der Waals surface area (Å²) in [6, 6.07) is 16.4. The molecular weight excluding hydrogens is 272 g/mol. The van der Waals surface area contributed by atoms with Crippen LogP contribution in [-0.4, -0.2) is 17.9 Å². The fourth-order valence-corrected chi connectivity index (χ4v) is 3.55. The molecule has 3 heteroatoms. The number of ketones is 1. The van der Waals surface area contributed by atoms with E-state index in [2.05, 4.69) is 47.0 Å². The molecule has 22 heavy (non-hydrogen) atoms. The van der Waals surface area contributed by atoms with Crippen molar-refractivity contribution < 1.29 is 4.79 Å². The van der Waals surface area contributed by atoms with E-state index in [4.69, 9.17) is 0 Å². The SMILES string of the molecule is O=C(C1CCc2ccccc2N1)C1CCc2ccccc2N1. The van der Waals surface area contributed by atoms with Gasteiger partial charge in [0.15, 0.2) is 5.78 Å². The molecule has 4 rings (SSSR count). The summed E-state index contributed by atoms with van der Waals surface area (Å²) < 4.78 is 0. The van der Waals surface area contributed by atoms with Crippen LogP contribution in [0.15, 0.2) is 48.5 Å². The molecule has 0 saturated heterocycles. The first-order valence-corrected chi connectivity index (χ1v) is 8.04. The molecule has 112 valence electrons. The highest BCUT2D eigenvalue weighted by atomic mass is 16.1. The molecule has 0 fully saturated rings. The third-order valence-corrected chi connectivity index (χ3v) is 4.79. The molecule has 0 aromatic heterocycles. The minimum Gasteiger partial charge on any atom is -0.375 e. The van der Waals surface area contributed by atoms with Crippen molar-refractivity contribution in [3.63, 3.8) is 0 Å². The standard InChI is InChI=1S/C19H20N2O/c22-19(17-11-9-13-5-1-3-7-15(13)20-17)18-12-10-14-6-2-4-8-16(14)21-18/h1-8,17-18,20-21H,9-12H2. The fraction of sp³-hybridized carbons (Fsp3) is 0.316. The van der Waals surface area contributed by atoms with E-state index < -0.39 is 0 Å². The van der Waals surface area contributed by atoms with Crippen LogP contribution in [0.3, 0.4) is 0 Å². The second-order valence-corrected chi connectivity index (χ2v) is 6.19. The Morgan fingerprint density at radius 3 is 1.73 bits per heavy atom. The Balaban J connectivity index is 1.50. The number of hydrogen-bond donors (Lipinski definition) is 2. The van der Waals surface area contributed by atoms with E-state index >= 15 is 0 Å². The average molecular weight is 292 g/mol. The maximum atomic E-state index is 12.8. The molecule has 2 heterocycles. The predicted molar refractivity (Wildman–Crippen MR) is 89.4 cm³/mol. The molecule has 0 aliphatic carbocycles. The zero-order valence-corrected chi connectivity index (χ0v) is 12.5. The van der Waals surface area contributed by atoms with Gasteiger partial charge in [0.05, 0.1) is 12.1 Å². The highest BCUT2D eigenvalue weighted by Gasteiger charge is 2.31. The van der Waals surface area contributed by atoms with Crippen LogP contribution in [0.4, 0.5) is 11.4 Å². The molecule has 0 spiro atoms. The van der Waals surface area contributed by atoms with Gasteiger partial charge in [0, 0.05) is 11.4 Å². The predicted octanol–water partition coefficient (Wildman–Crippen LogP) is 3.41. The van der Waals surface area contributed by atoms with Crippen molar-refractivity contribution in [1.29, 1.82) is 0 Å². The Labute approximate surface area is 130 Å². The molecule has 2 unspecified atom stereocenters. The Kier molecular flexibility index (Phi) is 3.34. The van der Waals surface area contributed by atoms with Crippen LogP contribution in [-0.2, 0) is 17.6 Å². The molecule has 2 aliphatic heterocycles. The van der Waals surface area contributed by atoms with Crippen molar-refractivity contribution in [3.8, 4) is 0 Å². The monoisotopic (exact) mass is 292 g/mol. The van der Waals surface area contributed by atoms with E-state index in [0.29, 0.717) is 5.78 Å². The number of fused-ring (bicyclic) bond motifs is 2. The number of hydrogen-bond acceptors (Lipinski definition) is 3. The van der Waals surface area contributed by atoms with Gasteiger partial charge in [0.1, 0.15) is 0 Å². The number of anilines is 2. The van der Waals surface area contributed by atoms with E-state index in [9.17, 15) is 4.79 Å². The quantitative estimate of drug-likeness (QED) is 0.891. The van der Waals surface area contributed by atoms with Gasteiger partial charge in [-0.15, -0.1) is 0 Å². The van der Waals surface area contributed by atoms with Crippen LogP contribution in [0.2, 0.25) is 0 Å². The first-order chi connectivity index (χ1) is 10.8. The lowest BCUT2D eigenvalue weighted by molar-refractivity contribution is -0.120. The van der Waals surface area contributed by atoms with Gasteiger partial charge in [0.25, 0.3) is 0 Å². The third kappa shape index (κ3) is 2.37. The summed E-state index contributed by atoms with van der Waals surface area (Å²) in [5.41, 5.74) is 4.86. The smallest absolute Gasteiger partial charge is 0.177 e. The second-order valence-electron chi connectivity index (χ2n) is 6.19. The molecule has 0 amide bonds. The lowest BCUT2D eigenvalue weighted by Crippen LogP contribution is -2.44. The van der Waals surface area contributed by atoms with Crippen molar-refractivity contribution in [1.82, 2.24) is 0 Å². The summed E-state index contributed by atoms with van der Waals surface area (Å²) in [5, 5.41) is 6.86. The number of rotatable bonds is 2. The minimum absolute atomic E-state index is 0.0716. The van der Waals surface area contributed by atoms with E-state index in [1.165, 1.54) is 11.1 Å². The number of carbonyl (C=O) groups excluding carboxylic acids is 1. The lowest BCUT2D eigenvalue weighted by Gasteiger charge is -2.32. The Morgan fingerprint density at radius 2 is 1.23 bits per heavy atom. The zero-order valence-electron chi connectivity index (χ0n) is 12.5. The van der Waals surface area contributed by atoms with Crippen LogP contribution < -0.4 is 10.6 Å². The third-order valence-electron chi connectivity index (χ3n) is 4.79. The number of carbonyl (C=O) groups is 1. The van der Waals surface area contributed by atoms with Crippen LogP contribution in [0.5, 0.6) is 0 Å². The number of aryl methyl sites for hydroxylation is 2. The van der Waals surface area contributed by atoms with Crippen LogP contribution in [0.1, 0.15) is 24.0 Å². The van der Waals surface area contributed by atoms with Gasteiger partial charge in [-0.3, -0.25) is 4.79 Å². The van der Waals surface area contributed by atoms with Crippen LogP contribution in [0, 0.1) is 0 Å². The summed E-state index contributed by atoms with van der Waals surface area (Å²) in [7, 11) is 0. The average Bonchev–Trinajstić information content (AvgIpc) is 2.60. The lowest BCUT2D eigenvalue weighted by atomic mass is 9.88. The Hall–Kier alpha value is -2.29. The van der Waals surface area contributed by atoms with Crippen molar-refractivity contribution >= 4 is 17.2 Å². The summed E-state index contributed by atoms with van der Waals surface area (Å²) in [5.74, 6) is 0.295. The molecule has 0 radical (unpaired) electrons. The molecule has 2 aliphatic rings. The molecule has 0 bridgehead atoms. The van der Waals surface area contributed by atoms with Crippen LogP contribution in [0.25, 0.3) is 0 Å². The summed E-state index contributed by atoms with van der Waals surface area (Å²) >= 11 is 0. The maximum absolute atomic E-state index is 12.8.